The van der Waals surface area contributed by atoms with Crippen LogP contribution in [0.15, 0.2) is 0 Å². The molecule has 0 aliphatic carbocycles. The average molecular weight is 459 g/mol. The first-order valence-electron chi connectivity index (χ1n) is 9.45. The molecule has 1 heterocycles. The van der Waals surface area contributed by atoms with Crippen molar-refractivity contribution in [2.45, 2.75) is 19.4 Å². The number of hydrogen-bond acceptors (Lipinski definition) is 12. The number of nitrogens with one attached hydrogen (secondary N) is 1. The van der Waals surface area contributed by atoms with Crippen LogP contribution in [0.1, 0.15) is 18.1 Å². The van der Waals surface area contributed by atoms with E-state index in [9.17, 15) is 19.2 Å². The summed E-state index contributed by atoms with van der Waals surface area (Å²) in [6, 6.07) is 0. The SMILES string of the molecule is O=C(O)COCCOCC(=O)CCc1nnc(CNC(=O)COCCOCC(=O)O)nn1. The second-order valence-electron chi connectivity index (χ2n) is 6.05. The number of carboxylic acids is 2. The number of aryl methyl sites for hydroxylation is 1. The Hall–Kier alpha value is -3.14. The highest BCUT2D eigenvalue weighted by molar-refractivity contribution is 5.79. The number of aromatic nitrogens is 4. The molecule has 0 radical (unpaired) electrons. The number of amides is 1. The molecule has 0 aliphatic rings. The molecule has 15 heteroatoms. The summed E-state index contributed by atoms with van der Waals surface area (Å²) in [6.07, 6.45) is 0.324. The number of nitrogens with zero attached hydrogens (tertiary/aromatic N) is 4. The topological polar surface area (TPSA) is 209 Å². The van der Waals surface area contributed by atoms with Crippen LogP contribution >= 0.6 is 0 Å². The van der Waals surface area contributed by atoms with Crippen molar-refractivity contribution in [3.63, 3.8) is 0 Å². The van der Waals surface area contributed by atoms with Crippen LogP contribution in [0.3, 0.4) is 0 Å². The Labute approximate surface area is 182 Å². The van der Waals surface area contributed by atoms with Crippen LogP contribution in [0.4, 0.5) is 0 Å². The summed E-state index contributed by atoms with van der Waals surface area (Å²) < 4.78 is 19.6. The molecule has 0 atom stereocenters. The van der Waals surface area contributed by atoms with E-state index in [4.69, 9.17) is 29.2 Å². The van der Waals surface area contributed by atoms with E-state index in [1.165, 1.54) is 0 Å². The van der Waals surface area contributed by atoms with Gasteiger partial charge in [-0.1, -0.05) is 0 Å². The summed E-state index contributed by atoms with van der Waals surface area (Å²) in [5.41, 5.74) is 0. The van der Waals surface area contributed by atoms with Crippen molar-refractivity contribution in [2.24, 2.45) is 0 Å². The summed E-state index contributed by atoms with van der Waals surface area (Å²) in [7, 11) is 0. The first kappa shape index (κ1) is 26.9. The van der Waals surface area contributed by atoms with Gasteiger partial charge in [0.05, 0.1) is 33.0 Å². The zero-order valence-electron chi connectivity index (χ0n) is 17.2. The predicted octanol–water partition coefficient (Wildman–Crippen LogP) is -2.38. The van der Waals surface area contributed by atoms with Crippen LogP contribution in [0, 0.1) is 0 Å². The fraction of sp³-hybridized carbons (Fsp3) is 0.647. The number of ketones is 1. The molecule has 3 N–H and O–H groups in total. The highest BCUT2D eigenvalue weighted by Gasteiger charge is 2.08. The maximum Gasteiger partial charge on any atom is 0.329 e. The second-order valence-corrected chi connectivity index (χ2v) is 6.05. The number of carbonyl (C=O) groups is 4. The average Bonchev–Trinajstić information content (AvgIpc) is 2.76. The predicted molar refractivity (Wildman–Crippen MR) is 101 cm³/mol. The molecule has 1 rings (SSSR count). The van der Waals surface area contributed by atoms with Crippen LogP contribution in [0.2, 0.25) is 0 Å². The molecule has 1 aromatic heterocycles. The Morgan fingerprint density at radius 2 is 1.16 bits per heavy atom. The van der Waals surface area contributed by atoms with E-state index in [1.807, 2.05) is 0 Å². The monoisotopic (exact) mass is 459 g/mol. The molecule has 1 amide bonds. The van der Waals surface area contributed by atoms with Gasteiger partial charge in [0, 0.05) is 12.8 Å². The van der Waals surface area contributed by atoms with Gasteiger partial charge in [-0.25, -0.2) is 9.59 Å². The molecule has 0 unspecified atom stereocenters. The smallest absolute Gasteiger partial charge is 0.329 e. The molecule has 0 saturated heterocycles. The number of aliphatic carboxylic acids is 2. The van der Waals surface area contributed by atoms with Crippen molar-refractivity contribution in [3.05, 3.63) is 11.6 Å². The first-order chi connectivity index (χ1) is 15.4. The van der Waals surface area contributed by atoms with E-state index in [0.717, 1.165) is 0 Å². The minimum Gasteiger partial charge on any atom is -0.480 e. The van der Waals surface area contributed by atoms with Gasteiger partial charge in [0.1, 0.15) is 26.4 Å². The lowest BCUT2D eigenvalue weighted by Gasteiger charge is -2.06. The largest absolute Gasteiger partial charge is 0.480 e. The van der Waals surface area contributed by atoms with Gasteiger partial charge in [-0.3, -0.25) is 9.59 Å². The first-order valence-corrected chi connectivity index (χ1v) is 9.45. The van der Waals surface area contributed by atoms with Crippen LogP contribution < -0.4 is 5.32 Å². The van der Waals surface area contributed by atoms with Gasteiger partial charge in [0.25, 0.3) is 0 Å². The second kappa shape index (κ2) is 16.5. The van der Waals surface area contributed by atoms with Crippen LogP contribution in [-0.2, 0) is 51.1 Å². The van der Waals surface area contributed by atoms with E-state index in [0.29, 0.717) is 0 Å². The van der Waals surface area contributed by atoms with Crippen molar-refractivity contribution in [1.82, 2.24) is 25.7 Å². The Bertz CT molecular complexity index is 670. The molecule has 0 saturated carbocycles. The van der Waals surface area contributed by atoms with Gasteiger partial charge in [-0.05, 0) is 0 Å². The van der Waals surface area contributed by atoms with E-state index >= 15 is 0 Å². The Kier molecular flexibility index (Phi) is 13.9. The minimum absolute atomic E-state index is 0.0191. The van der Waals surface area contributed by atoms with Crippen LogP contribution in [0.25, 0.3) is 0 Å². The Morgan fingerprint density at radius 1 is 0.688 bits per heavy atom. The third-order valence-corrected chi connectivity index (χ3v) is 3.32. The number of carboxylic acid groups (broad SMARTS) is 2. The lowest BCUT2D eigenvalue weighted by atomic mass is 10.2. The fourth-order valence-electron chi connectivity index (χ4n) is 1.90. The summed E-state index contributed by atoms with van der Waals surface area (Å²) in [6.45, 7) is -0.977. The van der Waals surface area contributed by atoms with E-state index in [1.54, 1.807) is 0 Å². The standard InChI is InChI=1S/C17H25N5O10/c23-12(8-29-3-5-31-10-16(25)26)1-2-13-19-21-14(22-20-13)7-18-15(24)9-30-4-6-32-11-17(27)28/h1-11H2,(H,18,24)(H,25,26)(H,27,28). The molecule has 15 nitrogen and oxygen atoms in total. The van der Waals surface area contributed by atoms with Crippen molar-refractivity contribution in [3.8, 4) is 0 Å². The summed E-state index contributed by atoms with van der Waals surface area (Å²) in [5, 5.41) is 34.6. The van der Waals surface area contributed by atoms with Gasteiger partial charge in [-0.2, -0.15) is 0 Å². The van der Waals surface area contributed by atoms with Crippen LogP contribution in [0.5, 0.6) is 0 Å². The van der Waals surface area contributed by atoms with Crippen molar-refractivity contribution in [2.75, 3.05) is 52.9 Å². The molecule has 0 bridgehead atoms. The Balaban J connectivity index is 2.12. The lowest BCUT2D eigenvalue weighted by molar-refractivity contribution is -0.143. The van der Waals surface area contributed by atoms with E-state index in [-0.39, 0.29) is 76.5 Å². The van der Waals surface area contributed by atoms with Crippen molar-refractivity contribution >= 4 is 23.6 Å². The number of Topliss-reactive ketones (excluding diaryl/α,β-unsaturated/α-hetero) is 1. The molecular formula is C17H25N5O10. The van der Waals surface area contributed by atoms with Gasteiger partial charge in [0.15, 0.2) is 17.4 Å². The molecule has 0 spiro atoms. The molecule has 1 aromatic rings. The third-order valence-electron chi connectivity index (χ3n) is 3.32. The molecule has 32 heavy (non-hydrogen) atoms. The summed E-state index contributed by atoms with van der Waals surface area (Å²) >= 11 is 0. The molecule has 0 fully saturated rings. The highest BCUT2D eigenvalue weighted by atomic mass is 16.5. The van der Waals surface area contributed by atoms with Crippen LogP contribution in [-0.4, -0.2) is 107 Å². The van der Waals surface area contributed by atoms with E-state index < -0.39 is 31.1 Å². The molecule has 0 aliphatic heterocycles. The molecule has 178 valence electrons. The minimum atomic E-state index is -1.09. The quantitative estimate of drug-likeness (QED) is 0.185. The third kappa shape index (κ3) is 14.8. The highest BCUT2D eigenvalue weighted by Crippen LogP contribution is 1.96. The fourth-order valence-corrected chi connectivity index (χ4v) is 1.90. The van der Waals surface area contributed by atoms with Gasteiger partial charge >= 0.3 is 11.9 Å². The zero-order valence-corrected chi connectivity index (χ0v) is 17.2. The van der Waals surface area contributed by atoms with E-state index in [2.05, 4.69) is 25.7 Å². The van der Waals surface area contributed by atoms with Crippen molar-refractivity contribution < 1.29 is 48.3 Å². The van der Waals surface area contributed by atoms with Gasteiger partial charge in [-0.15, -0.1) is 20.4 Å². The molecule has 0 aromatic carbocycles. The maximum absolute atomic E-state index is 11.7. The van der Waals surface area contributed by atoms with Gasteiger partial charge in [0.2, 0.25) is 5.91 Å². The van der Waals surface area contributed by atoms with Crippen molar-refractivity contribution in [1.29, 1.82) is 0 Å². The number of rotatable bonds is 19. The molecular weight excluding hydrogens is 434 g/mol. The summed E-state index contributed by atoms with van der Waals surface area (Å²) in [4.78, 5) is 43.8. The number of carbonyl (C=O) groups excluding carboxylic acids is 2. The number of ether oxygens (including phenoxy) is 4. The maximum atomic E-state index is 11.7. The zero-order chi connectivity index (χ0) is 23.6. The normalized spacial score (nSPS) is 10.6. The lowest BCUT2D eigenvalue weighted by Crippen LogP contribution is -2.29. The number of hydrogen-bond donors (Lipinski definition) is 3. The summed E-state index contributed by atoms with van der Waals surface area (Å²) in [5.74, 6) is -2.38. The van der Waals surface area contributed by atoms with Gasteiger partial charge < -0.3 is 34.5 Å². The Morgan fingerprint density at radius 3 is 1.69 bits per heavy atom.